The number of thiophene rings is 1. The van der Waals surface area contributed by atoms with E-state index in [1.165, 1.54) is 29.7 Å². The van der Waals surface area contributed by atoms with Gasteiger partial charge in [-0.1, -0.05) is 6.08 Å². The maximum atomic E-state index is 11.8. The second kappa shape index (κ2) is 4.75. The fourth-order valence-electron chi connectivity index (χ4n) is 2.00. The average Bonchev–Trinajstić information content (AvgIpc) is 2.76. The zero-order valence-electron chi connectivity index (χ0n) is 8.92. The molecule has 0 unspecified atom stereocenters. The number of carbonyl (C=O) groups is 1. The van der Waals surface area contributed by atoms with Crippen molar-refractivity contribution < 1.29 is 4.79 Å². The Labute approximate surface area is 94.8 Å². The zero-order valence-corrected chi connectivity index (χ0v) is 9.74. The third-order valence-corrected chi connectivity index (χ3v) is 4.11. The van der Waals surface area contributed by atoms with Crippen LogP contribution in [0.25, 0.3) is 0 Å². The minimum Gasteiger partial charge on any atom is -0.293 e. The lowest BCUT2D eigenvalue weighted by Crippen LogP contribution is -1.95. The molecule has 0 amide bonds. The summed E-state index contributed by atoms with van der Waals surface area (Å²) in [6, 6.07) is 2.11. The van der Waals surface area contributed by atoms with Crippen LogP contribution >= 0.6 is 11.3 Å². The molecule has 0 saturated carbocycles. The summed E-state index contributed by atoms with van der Waals surface area (Å²) in [4.78, 5) is 14.2. The molecule has 1 aromatic heterocycles. The normalized spacial score (nSPS) is 13.9. The summed E-state index contributed by atoms with van der Waals surface area (Å²) >= 11 is 1.71. The van der Waals surface area contributed by atoms with Gasteiger partial charge in [0.15, 0.2) is 5.78 Å². The van der Waals surface area contributed by atoms with Crippen LogP contribution in [-0.2, 0) is 12.8 Å². The van der Waals surface area contributed by atoms with Gasteiger partial charge in [-0.15, -0.1) is 17.9 Å². The molecule has 0 aromatic carbocycles. The van der Waals surface area contributed by atoms with Gasteiger partial charge in [-0.3, -0.25) is 4.79 Å². The number of unbranched alkanes of at least 4 members (excludes halogenated alkanes) is 1. The van der Waals surface area contributed by atoms with E-state index in [9.17, 15) is 4.79 Å². The minimum atomic E-state index is 0.316. The van der Waals surface area contributed by atoms with E-state index < -0.39 is 0 Å². The van der Waals surface area contributed by atoms with Crippen molar-refractivity contribution in [3.8, 4) is 0 Å². The van der Waals surface area contributed by atoms with Crippen molar-refractivity contribution >= 4 is 17.1 Å². The van der Waals surface area contributed by atoms with Crippen LogP contribution in [0.15, 0.2) is 18.7 Å². The fourth-order valence-corrected chi connectivity index (χ4v) is 3.22. The van der Waals surface area contributed by atoms with Crippen LogP contribution in [0.1, 0.15) is 45.8 Å². The number of fused-ring (bicyclic) bond motifs is 1. The van der Waals surface area contributed by atoms with E-state index in [4.69, 9.17) is 0 Å². The lowest BCUT2D eigenvalue weighted by molar-refractivity contribution is 0.0984. The van der Waals surface area contributed by atoms with Gasteiger partial charge >= 0.3 is 0 Å². The van der Waals surface area contributed by atoms with Crippen LogP contribution in [-0.4, -0.2) is 5.78 Å². The van der Waals surface area contributed by atoms with E-state index in [1.54, 1.807) is 11.3 Å². The molecule has 0 radical (unpaired) electrons. The molecule has 1 aliphatic carbocycles. The Morgan fingerprint density at radius 2 is 2.40 bits per heavy atom. The minimum absolute atomic E-state index is 0.316. The average molecular weight is 220 g/mol. The highest BCUT2D eigenvalue weighted by molar-refractivity contribution is 7.14. The Bertz CT molecular complexity index is 354. The lowest BCUT2D eigenvalue weighted by Gasteiger charge is -1.95. The molecular weight excluding hydrogens is 204 g/mol. The van der Waals surface area contributed by atoms with Crippen molar-refractivity contribution in [1.82, 2.24) is 0 Å². The van der Waals surface area contributed by atoms with Gasteiger partial charge in [0.25, 0.3) is 0 Å². The topological polar surface area (TPSA) is 17.1 Å². The number of aryl methyl sites for hydroxylation is 2. The first-order chi connectivity index (χ1) is 7.31. The standard InChI is InChI=1S/C13H16OS/c1-2-3-4-7-11(14)13-9-10-6-5-8-12(10)15-13/h2,9H,1,3-8H2. The Hall–Kier alpha value is -0.890. The van der Waals surface area contributed by atoms with Crippen LogP contribution in [0.3, 0.4) is 0 Å². The summed E-state index contributed by atoms with van der Waals surface area (Å²) < 4.78 is 0. The van der Waals surface area contributed by atoms with Crippen LogP contribution < -0.4 is 0 Å². The summed E-state index contributed by atoms with van der Waals surface area (Å²) in [5.41, 5.74) is 1.42. The lowest BCUT2D eigenvalue weighted by atomic mass is 10.1. The molecule has 1 aromatic rings. The molecule has 0 N–H and O–H groups in total. The van der Waals surface area contributed by atoms with E-state index in [0.717, 1.165) is 17.7 Å². The third kappa shape index (κ3) is 2.37. The second-order valence-electron chi connectivity index (χ2n) is 4.02. The number of Topliss-reactive ketones (excluding diaryl/α,β-unsaturated/α-hetero) is 1. The van der Waals surface area contributed by atoms with Gasteiger partial charge in [0.05, 0.1) is 4.88 Å². The molecule has 1 nitrogen and oxygen atoms in total. The fraction of sp³-hybridized carbons (Fsp3) is 0.462. The highest BCUT2D eigenvalue weighted by atomic mass is 32.1. The highest BCUT2D eigenvalue weighted by Gasteiger charge is 2.17. The van der Waals surface area contributed by atoms with E-state index in [-0.39, 0.29) is 0 Å². The Balaban J connectivity index is 1.97. The molecule has 2 heteroatoms. The maximum absolute atomic E-state index is 11.8. The molecule has 2 rings (SSSR count). The molecule has 0 fully saturated rings. The van der Waals surface area contributed by atoms with Crippen molar-refractivity contribution in [2.24, 2.45) is 0 Å². The summed E-state index contributed by atoms with van der Waals surface area (Å²) in [6.45, 7) is 3.66. The number of allylic oxidation sites excluding steroid dienone is 1. The highest BCUT2D eigenvalue weighted by Crippen LogP contribution is 2.31. The van der Waals surface area contributed by atoms with Gasteiger partial charge in [-0.2, -0.15) is 0 Å². The Kier molecular flexibility index (Phi) is 3.37. The molecule has 15 heavy (non-hydrogen) atoms. The number of rotatable bonds is 5. The number of ketones is 1. The van der Waals surface area contributed by atoms with Gasteiger partial charge in [0, 0.05) is 11.3 Å². The first kappa shape index (κ1) is 10.6. The molecule has 0 atom stereocenters. The molecular formula is C13H16OS. The monoisotopic (exact) mass is 220 g/mol. The largest absolute Gasteiger partial charge is 0.293 e. The number of carbonyl (C=O) groups excluding carboxylic acids is 1. The zero-order chi connectivity index (χ0) is 10.7. The van der Waals surface area contributed by atoms with Crippen LogP contribution in [0.2, 0.25) is 0 Å². The number of hydrogen-bond donors (Lipinski definition) is 0. The Morgan fingerprint density at radius 1 is 1.53 bits per heavy atom. The van der Waals surface area contributed by atoms with Crippen molar-refractivity contribution in [3.05, 3.63) is 34.0 Å². The Morgan fingerprint density at radius 3 is 3.13 bits per heavy atom. The van der Waals surface area contributed by atoms with E-state index >= 15 is 0 Å². The third-order valence-electron chi connectivity index (χ3n) is 2.83. The van der Waals surface area contributed by atoms with Gasteiger partial charge in [0.2, 0.25) is 0 Å². The van der Waals surface area contributed by atoms with Crippen molar-refractivity contribution in [1.29, 1.82) is 0 Å². The summed E-state index contributed by atoms with van der Waals surface area (Å²) in [6.07, 6.45) is 8.05. The molecule has 0 spiro atoms. The quantitative estimate of drug-likeness (QED) is 0.419. The SMILES string of the molecule is C=CCCCC(=O)c1cc2c(s1)CCC2. The number of hydrogen-bond acceptors (Lipinski definition) is 2. The molecule has 80 valence electrons. The summed E-state index contributed by atoms with van der Waals surface area (Å²) in [5, 5.41) is 0. The van der Waals surface area contributed by atoms with Gasteiger partial charge < -0.3 is 0 Å². The molecule has 1 heterocycles. The van der Waals surface area contributed by atoms with Gasteiger partial charge in [0.1, 0.15) is 0 Å². The van der Waals surface area contributed by atoms with Crippen LogP contribution in [0.5, 0.6) is 0 Å². The molecule has 1 aliphatic rings. The van der Waals surface area contributed by atoms with Crippen LogP contribution in [0.4, 0.5) is 0 Å². The summed E-state index contributed by atoms with van der Waals surface area (Å²) in [7, 11) is 0. The van der Waals surface area contributed by atoms with E-state index in [0.29, 0.717) is 12.2 Å². The first-order valence-electron chi connectivity index (χ1n) is 5.57. The predicted octanol–water partition coefficient (Wildman–Crippen LogP) is 3.78. The molecule has 0 saturated heterocycles. The second-order valence-corrected chi connectivity index (χ2v) is 5.15. The van der Waals surface area contributed by atoms with Gasteiger partial charge in [-0.05, 0) is 43.7 Å². The van der Waals surface area contributed by atoms with Crippen molar-refractivity contribution in [3.63, 3.8) is 0 Å². The van der Waals surface area contributed by atoms with E-state index in [1.807, 2.05) is 6.08 Å². The van der Waals surface area contributed by atoms with Gasteiger partial charge in [-0.25, -0.2) is 0 Å². The van der Waals surface area contributed by atoms with E-state index in [2.05, 4.69) is 12.6 Å². The maximum Gasteiger partial charge on any atom is 0.172 e. The smallest absolute Gasteiger partial charge is 0.172 e. The molecule has 0 bridgehead atoms. The van der Waals surface area contributed by atoms with Crippen LogP contribution in [0, 0.1) is 0 Å². The van der Waals surface area contributed by atoms with Crippen molar-refractivity contribution in [2.45, 2.75) is 38.5 Å². The predicted molar refractivity (Wildman–Crippen MR) is 64.7 cm³/mol. The molecule has 0 aliphatic heterocycles. The first-order valence-corrected chi connectivity index (χ1v) is 6.38. The summed E-state index contributed by atoms with van der Waals surface area (Å²) in [5.74, 6) is 0.316. The van der Waals surface area contributed by atoms with Crippen molar-refractivity contribution in [2.75, 3.05) is 0 Å².